The van der Waals surface area contributed by atoms with Gasteiger partial charge in [-0.15, -0.1) is 0 Å². The molecule has 11 aromatic carbocycles. The van der Waals surface area contributed by atoms with Crippen molar-refractivity contribution in [2.45, 2.75) is 0 Å². The van der Waals surface area contributed by atoms with Gasteiger partial charge in [0.2, 0.25) is 0 Å². The maximum atomic E-state index is 6.75. The molecule has 0 atom stereocenters. The Hall–Kier alpha value is -9.78. The van der Waals surface area contributed by atoms with Gasteiger partial charge in [0.05, 0.1) is 60.9 Å². The minimum Gasteiger partial charge on any atom is -0.456 e. The summed E-state index contributed by atoms with van der Waals surface area (Å²) < 4.78 is 23.3. The van der Waals surface area contributed by atoms with Gasteiger partial charge in [0.25, 0.3) is 0 Å². The summed E-state index contributed by atoms with van der Waals surface area (Å²) in [6.07, 6.45) is 0. The van der Waals surface area contributed by atoms with Gasteiger partial charge >= 0.3 is 0 Å². The van der Waals surface area contributed by atoms with E-state index in [1.165, 1.54) is 114 Å². The van der Waals surface area contributed by atoms with Crippen LogP contribution in [0.2, 0.25) is 0 Å². The molecule has 0 aliphatic carbocycles. The minimum atomic E-state index is 0.890. The summed E-state index contributed by atoms with van der Waals surface area (Å²) >= 11 is 0. The molecule has 19 aromatic rings. The summed E-state index contributed by atoms with van der Waals surface area (Å²) in [4.78, 5) is 0. The van der Waals surface area contributed by atoms with Crippen LogP contribution in [0.1, 0.15) is 0 Å². The second-order valence-electron chi connectivity index (χ2n) is 19.9. The molecule has 0 spiro atoms. The van der Waals surface area contributed by atoms with E-state index in [1.807, 2.05) is 6.07 Å². The van der Waals surface area contributed by atoms with Gasteiger partial charge in [0, 0.05) is 97.9 Å². The quantitative estimate of drug-likeness (QED) is 0.173. The van der Waals surface area contributed by atoms with E-state index >= 15 is 0 Å². The number of hydrogen-bond acceptors (Lipinski definition) is 2. The highest BCUT2D eigenvalue weighted by Gasteiger charge is 2.28. The summed E-state index contributed by atoms with van der Waals surface area (Å²) in [5.74, 6) is 0. The largest absolute Gasteiger partial charge is 0.456 e. The first-order valence-electron chi connectivity index (χ1n) is 24.8. The van der Waals surface area contributed by atoms with Gasteiger partial charge in [-0.1, -0.05) is 133 Å². The van der Waals surface area contributed by atoms with Crippen molar-refractivity contribution >= 4 is 164 Å². The van der Waals surface area contributed by atoms with E-state index in [1.54, 1.807) is 0 Å². The van der Waals surface area contributed by atoms with Gasteiger partial charge in [-0.25, -0.2) is 0 Å². The van der Waals surface area contributed by atoms with E-state index < -0.39 is 0 Å². The highest BCUT2D eigenvalue weighted by molar-refractivity contribution is 6.35. The molecule has 6 heteroatoms. The zero-order valence-electron chi connectivity index (χ0n) is 38.2. The summed E-state index contributed by atoms with van der Waals surface area (Å²) in [5.41, 5.74) is 17.8. The molecule has 72 heavy (non-hydrogen) atoms. The van der Waals surface area contributed by atoms with Crippen molar-refractivity contribution in [2.75, 3.05) is 0 Å². The Labute approximate surface area is 406 Å². The molecule has 0 bridgehead atoms. The van der Waals surface area contributed by atoms with Crippen molar-refractivity contribution in [2.24, 2.45) is 0 Å². The lowest BCUT2D eigenvalue weighted by Gasteiger charge is -2.10. The predicted octanol–water partition coefficient (Wildman–Crippen LogP) is 18.0. The van der Waals surface area contributed by atoms with E-state index in [2.05, 4.69) is 218 Å². The molecule has 6 nitrogen and oxygen atoms in total. The van der Waals surface area contributed by atoms with Crippen LogP contribution in [0, 0.1) is 0 Å². The molecule has 0 aliphatic heterocycles. The molecule has 0 saturated heterocycles. The lowest BCUT2D eigenvalue weighted by atomic mass is 10.0. The van der Waals surface area contributed by atoms with Crippen LogP contribution in [0.15, 0.2) is 215 Å². The minimum absolute atomic E-state index is 0.890. The molecule has 8 aromatic heterocycles. The molecule has 0 N–H and O–H groups in total. The van der Waals surface area contributed by atoms with Crippen LogP contribution < -0.4 is 0 Å². The fourth-order valence-electron chi connectivity index (χ4n) is 13.8. The molecule has 0 fully saturated rings. The van der Waals surface area contributed by atoms with Crippen molar-refractivity contribution in [3.8, 4) is 11.4 Å². The number of aromatic nitrogens is 4. The Morgan fingerprint density at radius 1 is 0.250 bits per heavy atom. The molecule has 0 radical (unpaired) electrons. The topological polar surface area (TPSA) is 45.0 Å². The zero-order valence-corrected chi connectivity index (χ0v) is 38.2. The maximum Gasteiger partial charge on any atom is 0.159 e. The summed E-state index contributed by atoms with van der Waals surface area (Å²) in [5, 5.41) is 19.5. The lowest BCUT2D eigenvalue weighted by Crippen LogP contribution is -1.95. The third-order valence-electron chi connectivity index (χ3n) is 16.6. The van der Waals surface area contributed by atoms with Gasteiger partial charge in [0.1, 0.15) is 16.7 Å². The Morgan fingerprint density at radius 3 is 1.36 bits per heavy atom. The first-order chi connectivity index (χ1) is 35.7. The fraction of sp³-hybridized carbons (Fsp3) is 0. The van der Waals surface area contributed by atoms with E-state index in [-0.39, 0.29) is 0 Å². The molecule has 19 rings (SSSR count). The van der Waals surface area contributed by atoms with E-state index in [9.17, 15) is 0 Å². The van der Waals surface area contributed by atoms with Gasteiger partial charge in [-0.05, 0) is 66.7 Å². The molecule has 330 valence electrons. The van der Waals surface area contributed by atoms with Crippen LogP contribution in [0.3, 0.4) is 0 Å². The van der Waals surface area contributed by atoms with Crippen molar-refractivity contribution in [1.29, 1.82) is 0 Å². The van der Waals surface area contributed by atoms with Gasteiger partial charge in [0.15, 0.2) is 5.58 Å². The third kappa shape index (κ3) is 4.09. The summed E-state index contributed by atoms with van der Waals surface area (Å²) in [6, 6.07) is 75.8. The third-order valence-corrected chi connectivity index (χ3v) is 16.6. The molecular formula is C66H34N4O2. The zero-order chi connectivity index (χ0) is 46.2. The molecule has 0 saturated carbocycles. The van der Waals surface area contributed by atoms with Crippen LogP contribution in [0.25, 0.3) is 175 Å². The smallest absolute Gasteiger partial charge is 0.159 e. The molecule has 0 amide bonds. The number of hydrogen-bond donors (Lipinski definition) is 0. The first kappa shape index (κ1) is 36.2. The number of nitrogens with zero attached hydrogens (tertiary/aromatic N) is 4. The maximum absolute atomic E-state index is 6.75. The summed E-state index contributed by atoms with van der Waals surface area (Å²) in [6.45, 7) is 0. The van der Waals surface area contributed by atoms with Gasteiger partial charge < -0.3 is 26.8 Å². The average molecular weight is 915 g/mol. The first-order valence-corrected chi connectivity index (χ1v) is 24.8. The number of furan rings is 2. The number of benzene rings is 11. The molecule has 8 heterocycles. The van der Waals surface area contributed by atoms with Crippen LogP contribution in [0.4, 0.5) is 0 Å². The Bertz CT molecular complexity index is 5650. The highest BCUT2D eigenvalue weighted by Crippen LogP contribution is 2.50. The average Bonchev–Trinajstić information content (AvgIpc) is 4.32. The Balaban J connectivity index is 0.913. The molecule has 0 aliphatic rings. The van der Waals surface area contributed by atoms with Gasteiger partial charge in [-0.2, -0.15) is 0 Å². The predicted molar refractivity (Wildman–Crippen MR) is 299 cm³/mol. The Morgan fingerprint density at radius 2 is 0.708 bits per heavy atom. The van der Waals surface area contributed by atoms with Crippen LogP contribution in [-0.4, -0.2) is 17.9 Å². The van der Waals surface area contributed by atoms with Gasteiger partial charge in [-0.3, -0.25) is 0 Å². The highest BCUT2D eigenvalue weighted by atomic mass is 16.3. The molecular weight excluding hydrogens is 881 g/mol. The Kier molecular flexibility index (Phi) is 6.20. The van der Waals surface area contributed by atoms with Crippen LogP contribution in [-0.2, 0) is 0 Å². The number of rotatable bonds is 2. The van der Waals surface area contributed by atoms with Crippen LogP contribution in [0.5, 0.6) is 0 Å². The van der Waals surface area contributed by atoms with Crippen molar-refractivity contribution < 1.29 is 8.83 Å². The normalized spacial score (nSPS) is 13.0. The van der Waals surface area contributed by atoms with Crippen molar-refractivity contribution in [3.63, 3.8) is 0 Å². The number of fused-ring (bicyclic) bond motifs is 26. The standard InChI is InChI=1S/C66H34N4O2/c1-5-21-50-36(12-1)43-28-30-52-60(64(43)67(50)35-26-27-40-38-14-3-7-24-57(38)71-59(40)32-35)46-19-9-16-41-48-34-56-49(33-55(48)69(52)62(41)46)42-17-10-20-47-61-53(70(56)63(42)47)31-29-44-37-13-2-6-22-51(37)68(65(44)61)54-23-11-18-45-39-15-4-8-25-58(39)72-66(45)54/h1-34H. The second-order valence-corrected chi connectivity index (χ2v) is 19.9. The monoisotopic (exact) mass is 914 g/mol. The fourth-order valence-corrected chi connectivity index (χ4v) is 13.8. The van der Waals surface area contributed by atoms with E-state index in [0.29, 0.717) is 0 Å². The van der Waals surface area contributed by atoms with E-state index in [4.69, 9.17) is 8.83 Å². The number of para-hydroxylation sites is 7. The molecule has 0 unspecified atom stereocenters. The summed E-state index contributed by atoms with van der Waals surface area (Å²) in [7, 11) is 0. The lowest BCUT2D eigenvalue weighted by molar-refractivity contribution is 0.666. The van der Waals surface area contributed by atoms with Crippen molar-refractivity contribution in [3.05, 3.63) is 206 Å². The van der Waals surface area contributed by atoms with Crippen molar-refractivity contribution in [1.82, 2.24) is 17.9 Å². The van der Waals surface area contributed by atoms with Crippen LogP contribution >= 0.6 is 0 Å². The second kappa shape index (κ2) is 12.3. The van der Waals surface area contributed by atoms with E-state index in [0.717, 1.165) is 60.8 Å². The SMILES string of the molecule is c1ccc2c(c1)oc1cc(-n3c4ccccc4c4ccc5c(c6cccc7c8cc9c(cc8n5c76)c5cccc6c7c8c(ccc7n9c56)c5ccccc5n8-c5cccc6c5oc5ccccc56)c43)ccc12.